The van der Waals surface area contributed by atoms with Gasteiger partial charge in [-0.25, -0.2) is 0 Å². The van der Waals surface area contributed by atoms with Crippen LogP contribution < -0.4 is 24.8 Å². The van der Waals surface area contributed by atoms with Gasteiger partial charge in [0.1, 0.15) is 0 Å². The Morgan fingerprint density at radius 3 is 0.659 bits per heavy atom. The summed E-state index contributed by atoms with van der Waals surface area (Å²) in [5.41, 5.74) is 27.3. The monoisotopic (exact) mass is 1330 g/mol. The van der Waals surface area contributed by atoms with Gasteiger partial charge in [-0.15, -0.1) is 44.5 Å². The van der Waals surface area contributed by atoms with Crippen molar-refractivity contribution in [3.05, 3.63) is 239 Å². The second-order valence-corrected chi connectivity index (χ2v) is 46.6. The summed E-state index contributed by atoms with van der Waals surface area (Å²) in [6.45, 7) is 9.35. The zero-order chi connectivity index (χ0) is 57.1. The number of hydrogen-bond acceptors (Lipinski definition) is 0. The van der Waals surface area contributed by atoms with Crippen molar-refractivity contribution in [3.63, 3.8) is 0 Å². The minimum absolute atomic E-state index is 0. The van der Waals surface area contributed by atoms with Crippen molar-refractivity contribution >= 4 is 32.3 Å². The molecule has 452 valence electrons. The minimum Gasteiger partial charge on any atom is -1.00 e. The number of rotatable bonds is 16. The molecule has 0 saturated carbocycles. The maximum Gasteiger partial charge on any atom is 2.00 e. The van der Waals surface area contributed by atoms with Crippen LogP contribution in [-0.2, 0) is 43.4 Å². The molecule has 4 aliphatic heterocycles. The molecular formula is C80H92Cl2Si4Ti2-2. The van der Waals surface area contributed by atoms with Gasteiger partial charge in [-0.1, -0.05) is 297 Å². The van der Waals surface area contributed by atoms with Crippen LogP contribution in [-0.4, -0.2) is 32.3 Å². The first kappa shape index (κ1) is 69.0. The Kier molecular flexibility index (Phi) is 24.0. The van der Waals surface area contributed by atoms with Crippen molar-refractivity contribution in [1.29, 1.82) is 0 Å². The van der Waals surface area contributed by atoms with Gasteiger partial charge in [0.15, 0.2) is 0 Å². The molecule has 0 N–H and O–H groups in total. The molecule has 16 rings (SSSR count). The van der Waals surface area contributed by atoms with E-state index in [1.54, 1.807) is 22.3 Å². The average Bonchev–Trinajstić information content (AvgIpc) is 1.61. The van der Waals surface area contributed by atoms with E-state index in [9.17, 15) is 0 Å². The van der Waals surface area contributed by atoms with Crippen molar-refractivity contribution in [2.75, 3.05) is 0 Å². The van der Waals surface area contributed by atoms with E-state index >= 15 is 0 Å². The summed E-state index contributed by atoms with van der Waals surface area (Å²) in [6, 6.07) is 95.8. The van der Waals surface area contributed by atoms with Crippen molar-refractivity contribution < 1.29 is 68.2 Å². The number of halogens is 2. The molecule has 4 heterocycles. The summed E-state index contributed by atoms with van der Waals surface area (Å²) in [5.74, 6) is 0. The maximum absolute atomic E-state index is 3.63. The van der Waals surface area contributed by atoms with Crippen molar-refractivity contribution in [1.82, 2.24) is 0 Å². The fraction of sp³-hybridized carbons (Fsp3) is 0.400. The van der Waals surface area contributed by atoms with E-state index in [0.717, 1.165) is 22.2 Å². The maximum atomic E-state index is 3.63. The number of benzene rings is 8. The predicted molar refractivity (Wildman–Crippen MR) is 369 cm³/mol. The molecule has 4 aliphatic carbocycles. The van der Waals surface area contributed by atoms with Crippen LogP contribution in [0.4, 0.5) is 0 Å². The third-order valence-corrected chi connectivity index (χ3v) is 46.4. The third kappa shape index (κ3) is 12.7. The van der Waals surface area contributed by atoms with Gasteiger partial charge < -0.3 is 24.8 Å². The molecule has 8 aliphatic rings. The van der Waals surface area contributed by atoms with E-state index in [2.05, 4.69) is 222 Å². The molecule has 4 unspecified atom stereocenters. The molecule has 88 heavy (non-hydrogen) atoms. The first-order valence-corrected chi connectivity index (χ1v) is 44.6. The Bertz CT molecular complexity index is 2930. The van der Waals surface area contributed by atoms with E-state index in [-0.39, 0.29) is 68.2 Å². The van der Waals surface area contributed by atoms with Gasteiger partial charge in [0, 0.05) is 0 Å². The number of fused-ring (bicyclic) bond motifs is 12. The van der Waals surface area contributed by atoms with Gasteiger partial charge >= 0.3 is 43.4 Å². The molecule has 8 heteroatoms. The Labute approximate surface area is 577 Å². The third-order valence-electron chi connectivity index (χ3n) is 22.9. The largest absolute Gasteiger partial charge is 2.00 e. The van der Waals surface area contributed by atoms with Crippen LogP contribution in [0, 0.1) is 24.3 Å². The molecule has 0 nitrogen and oxygen atoms in total. The minimum atomic E-state index is -1.16. The molecule has 8 aromatic rings. The standard InChI is InChI=1S/4C20H23Si.2ClH.2Ti/c4*1-2-3-13-21(14-8-15-21)20-18-11-6-4-9-16(18)17-10-5-7-12-19(17)20;;;;/h4*4-7,9-11,20H,2-3,8,13-15H2,1H3;2*1H;;/q4*-1;;;2*+2/p-2. The first-order chi connectivity index (χ1) is 41.4. The second kappa shape index (κ2) is 30.6. The zero-order valence-electron chi connectivity index (χ0n) is 53.2. The molecule has 4 fully saturated rings. The van der Waals surface area contributed by atoms with Crippen LogP contribution in [0.25, 0.3) is 44.5 Å². The summed E-state index contributed by atoms with van der Waals surface area (Å²) < 4.78 is 0. The Morgan fingerprint density at radius 2 is 0.477 bits per heavy atom. The Morgan fingerprint density at radius 1 is 0.284 bits per heavy atom. The van der Waals surface area contributed by atoms with Crippen LogP contribution in [0.1, 0.15) is 171 Å². The average molecular weight is 1330 g/mol. The summed E-state index contributed by atoms with van der Waals surface area (Å²) in [4.78, 5) is 0. The summed E-state index contributed by atoms with van der Waals surface area (Å²) >= 11 is 0. The van der Waals surface area contributed by atoms with E-state index < -0.39 is 32.3 Å². The van der Waals surface area contributed by atoms with E-state index in [1.807, 2.05) is 0 Å². The molecule has 4 saturated heterocycles. The first-order valence-electron chi connectivity index (χ1n) is 33.8. The zero-order valence-corrected chi connectivity index (χ0v) is 61.8. The van der Waals surface area contributed by atoms with Gasteiger partial charge in [0.2, 0.25) is 0 Å². The molecule has 0 amide bonds. The molecule has 0 spiro atoms. The van der Waals surface area contributed by atoms with Crippen molar-refractivity contribution in [3.8, 4) is 44.5 Å². The molecule has 4 atom stereocenters. The smallest absolute Gasteiger partial charge is 1.00 e. The topological polar surface area (TPSA) is 0 Å². The van der Waals surface area contributed by atoms with E-state index in [0.29, 0.717) is 0 Å². The van der Waals surface area contributed by atoms with E-state index in [1.165, 1.54) is 216 Å². The second-order valence-electron chi connectivity index (χ2n) is 27.3. The Balaban J connectivity index is 0.000000138. The van der Waals surface area contributed by atoms with Crippen LogP contribution in [0.2, 0.25) is 72.5 Å². The van der Waals surface area contributed by atoms with Crippen LogP contribution in [0.5, 0.6) is 0 Å². The van der Waals surface area contributed by atoms with Gasteiger partial charge in [-0.2, -0.15) is 97.1 Å². The van der Waals surface area contributed by atoms with Gasteiger partial charge in [0.25, 0.3) is 0 Å². The molecule has 8 aromatic carbocycles. The summed E-state index contributed by atoms with van der Waals surface area (Å²) in [5, 5.41) is 0. The normalized spacial score (nSPS) is 20.5. The molecular weight excluding hydrogens is 1240 g/mol. The molecule has 0 radical (unpaired) electrons. The fourth-order valence-electron chi connectivity index (χ4n) is 18.2. The number of unbranched alkanes of at least 4 members (excludes halogenated alkanes) is 4. The van der Waals surface area contributed by atoms with Crippen LogP contribution in [0.3, 0.4) is 0 Å². The quantitative estimate of drug-likeness (QED) is 0.0668. The van der Waals surface area contributed by atoms with Gasteiger partial charge in [-0.3, -0.25) is 0 Å². The van der Waals surface area contributed by atoms with E-state index in [4.69, 9.17) is 0 Å². The number of hydrogen-bond donors (Lipinski definition) is 0. The summed E-state index contributed by atoms with van der Waals surface area (Å²) in [6.07, 6.45) is 16.9. The van der Waals surface area contributed by atoms with Gasteiger partial charge in [0.05, 0.1) is 32.3 Å². The fourth-order valence-corrected chi connectivity index (χ4v) is 40.0. The Hall–Kier alpha value is -3.36. The SMILES string of the molecule is CCCC[Si]1(C2c3[c-]cccc3-c3ccccc32)CCC1.CCCC[Si]1(C2c3[c-]cccc3-c3ccccc32)CCC1.CCCC[Si]1(C2c3[c-]cccc3-c3ccccc32)CCC1.CCCC[Si]1(C2c3[c-]cccc3-c3ccccc32)CCC1.[Cl-].[Cl-].[Ti+2].[Ti+2]. The van der Waals surface area contributed by atoms with Gasteiger partial charge in [-0.05, 0) is 44.4 Å². The predicted octanol–water partition coefficient (Wildman–Crippen LogP) is 17.2. The van der Waals surface area contributed by atoms with Crippen molar-refractivity contribution in [2.45, 2.75) is 199 Å². The molecule has 0 bridgehead atoms. The summed E-state index contributed by atoms with van der Waals surface area (Å²) in [7, 11) is -4.66. The van der Waals surface area contributed by atoms with Crippen LogP contribution in [0.15, 0.2) is 170 Å². The van der Waals surface area contributed by atoms with Crippen LogP contribution >= 0.6 is 0 Å². The van der Waals surface area contributed by atoms with Crippen molar-refractivity contribution in [2.24, 2.45) is 0 Å². The molecule has 0 aromatic heterocycles.